The van der Waals surface area contributed by atoms with Crippen LogP contribution in [-0.2, 0) is 6.42 Å². The number of benzene rings is 2. The van der Waals surface area contributed by atoms with Crippen molar-refractivity contribution in [2.45, 2.75) is 20.3 Å². The maximum Gasteiger partial charge on any atom is 0.168 e. The van der Waals surface area contributed by atoms with Gasteiger partial charge in [0.2, 0.25) is 0 Å². The number of carbonyl (C=O) groups is 1. The van der Waals surface area contributed by atoms with Gasteiger partial charge in [0.1, 0.15) is 0 Å². The van der Waals surface area contributed by atoms with Crippen LogP contribution in [0, 0.1) is 25.5 Å². The van der Waals surface area contributed by atoms with Crippen molar-refractivity contribution in [3.63, 3.8) is 0 Å². The van der Waals surface area contributed by atoms with Gasteiger partial charge in [-0.25, -0.2) is 8.78 Å². The summed E-state index contributed by atoms with van der Waals surface area (Å²) in [5.74, 6) is -2.10. The third-order valence-corrected chi connectivity index (χ3v) is 3.55. The Bertz CT molecular complexity index is 680. The van der Waals surface area contributed by atoms with Gasteiger partial charge in [-0.15, -0.1) is 0 Å². The largest absolute Gasteiger partial charge is 0.294 e. The Morgan fingerprint density at radius 2 is 1.70 bits per heavy atom. The molecule has 0 aliphatic heterocycles. The highest BCUT2D eigenvalue weighted by Crippen LogP contribution is 2.23. The summed E-state index contributed by atoms with van der Waals surface area (Å²) in [6.45, 7) is 3.80. The van der Waals surface area contributed by atoms with E-state index in [0.29, 0.717) is 16.1 Å². The first-order valence-electron chi connectivity index (χ1n) is 6.12. The first-order valence-corrected chi connectivity index (χ1v) is 6.50. The average Bonchev–Trinajstić information content (AvgIpc) is 2.38. The Morgan fingerprint density at radius 3 is 2.35 bits per heavy atom. The third-order valence-electron chi connectivity index (χ3n) is 3.23. The van der Waals surface area contributed by atoms with Gasteiger partial charge in [-0.05, 0) is 54.8 Å². The average molecular weight is 295 g/mol. The van der Waals surface area contributed by atoms with Crippen LogP contribution in [-0.4, -0.2) is 5.78 Å². The van der Waals surface area contributed by atoms with Crippen LogP contribution >= 0.6 is 11.6 Å². The fourth-order valence-corrected chi connectivity index (χ4v) is 2.25. The highest BCUT2D eigenvalue weighted by atomic mass is 35.5. The van der Waals surface area contributed by atoms with Crippen LogP contribution in [0.25, 0.3) is 0 Å². The van der Waals surface area contributed by atoms with E-state index in [1.165, 1.54) is 6.07 Å². The molecule has 0 amide bonds. The number of rotatable bonds is 3. The topological polar surface area (TPSA) is 17.1 Å². The summed E-state index contributed by atoms with van der Waals surface area (Å²) in [7, 11) is 0. The van der Waals surface area contributed by atoms with Gasteiger partial charge in [-0.2, -0.15) is 0 Å². The molecule has 0 aromatic heterocycles. The summed E-state index contributed by atoms with van der Waals surface area (Å²) in [6.07, 6.45) is -0.0145. The van der Waals surface area contributed by atoms with Crippen molar-refractivity contribution in [2.75, 3.05) is 0 Å². The van der Waals surface area contributed by atoms with E-state index < -0.39 is 11.6 Å². The molecule has 0 aliphatic rings. The quantitative estimate of drug-likeness (QED) is 0.752. The van der Waals surface area contributed by atoms with E-state index in [4.69, 9.17) is 11.6 Å². The molecule has 0 radical (unpaired) electrons. The predicted octanol–water partition coefficient (Wildman–Crippen LogP) is 4.66. The molecule has 2 aromatic carbocycles. The van der Waals surface area contributed by atoms with E-state index in [0.717, 1.165) is 23.3 Å². The highest BCUT2D eigenvalue weighted by Gasteiger charge is 2.14. The number of carbonyl (C=O) groups excluding carboxylic acids is 1. The van der Waals surface area contributed by atoms with Crippen LogP contribution in [0.2, 0.25) is 5.02 Å². The second-order valence-electron chi connectivity index (χ2n) is 4.76. The first-order chi connectivity index (χ1) is 9.38. The molecule has 0 saturated heterocycles. The van der Waals surface area contributed by atoms with Gasteiger partial charge >= 0.3 is 0 Å². The van der Waals surface area contributed by atoms with Crippen molar-refractivity contribution >= 4 is 17.4 Å². The molecule has 0 heterocycles. The van der Waals surface area contributed by atoms with Crippen molar-refractivity contribution in [3.05, 3.63) is 69.2 Å². The van der Waals surface area contributed by atoms with Gasteiger partial charge in [0, 0.05) is 12.0 Å². The van der Waals surface area contributed by atoms with Gasteiger partial charge in [0.15, 0.2) is 17.4 Å². The fraction of sp³-hybridized carbons (Fsp3) is 0.188. The summed E-state index contributed by atoms with van der Waals surface area (Å²) in [4.78, 5) is 12.2. The molecule has 1 nitrogen and oxygen atoms in total. The number of Topliss-reactive ketones (excluding diaryl/α,β-unsaturated/α-hetero) is 1. The van der Waals surface area contributed by atoms with Crippen molar-refractivity contribution < 1.29 is 13.6 Å². The SMILES string of the molecule is Cc1cc(Cl)c(C(=O)Cc2ccc(F)c(F)c2)cc1C. The lowest BCUT2D eigenvalue weighted by Crippen LogP contribution is -2.06. The van der Waals surface area contributed by atoms with Crippen molar-refractivity contribution in [1.82, 2.24) is 0 Å². The van der Waals surface area contributed by atoms with Gasteiger partial charge in [-0.1, -0.05) is 17.7 Å². The van der Waals surface area contributed by atoms with Crippen LogP contribution in [0.1, 0.15) is 27.0 Å². The molecule has 4 heteroatoms. The molecule has 0 fully saturated rings. The highest BCUT2D eigenvalue weighted by molar-refractivity contribution is 6.34. The standard InChI is InChI=1S/C16H13ClF2O/c1-9-5-12(13(17)6-10(9)2)16(20)8-11-3-4-14(18)15(19)7-11/h3-7H,8H2,1-2H3. The lowest BCUT2D eigenvalue weighted by atomic mass is 9.99. The monoisotopic (exact) mass is 294 g/mol. The zero-order valence-electron chi connectivity index (χ0n) is 11.1. The minimum absolute atomic E-state index is 0.0145. The predicted molar refractivity (Wildman–Crippen MR) is 75.3 cm³/mol. The first kappa shape index (κ1) is 14.7. The molecule has 2 rings (SSSR count). The molecule has 0 atom stereocenters. The van der Waals surface area contributed by atoms with E-state index in [-0.39, 0.29) is 12.2 Å². The maximum absolute atomic E-state index is 13.1. The summed E-state index contributed by atoms with van der Waals surface area (Å²) in [5.41, 5.74) is 2.78. The summed E-state index contributed by atoms with van der Waals surface area (Å²) in [5, 5.41) is 0.376. The number of halogens is 3. The molecule has 2 aromatic rings. The van der Waals surface area contributed by atoms with Crippen molar-refractivity contribution in [1.29, 1.82) is 0 Å². The molecule has 0 N–H and O–H groups in total. The van der Waals surface area contributed by atoms with Gasteiger partial charge in [0.25, 0.3) is 0 Å². The van der Waals surface area contributed by atoms with Crippen molar-refractivity contribution in [2.24, 2.45) is 0 Å². The summed E-state index contributed by atoms with van der Waals surface area (Å²) >= 11 is 6.06. The number of aryl methyl sites for hydroxylation is 2. The minimum atomic E-state index is -0.957. The Kier molecular flexibility index (Phi) is 4.19. The van der Waals surface area contributed by atoms with Crippen LogP contribution in [0.3, 0.4) is 0 Å². The number of hydrogen-bond donors (Lipinski definition) is 0. The molecule has 0 bridgehead atoms. The van der Waals surface area contributed by atoms with Gasteiger partial charge in [0.05, 0.1) is 5.02 Å². The van der Waals surface area contributed by atoms with Crippen molar-refractivity contribution in [3.8, 4) is 0 Å². The van der Waals surface area contributed by atoms with E-state index in [9.17, 15) is 13.6 Å². The van der Waals surface area contributed by atoms with Gasteiger partial charge in [-0.3, -0.25) is 4.79 Å². The van der Waals surface area contributed by atoms with Gasteiger partial charge < -0.3 is 0 Å². The zero-order valence-corrected chi connectivity index (χ0v) is 11.9. The normalized spacial score (nSPS) is 10.7. The van der Waals surface area contributed by atoms with Crippen LogP contribution in [0.5, 0.6) is 0 Å². The molecular weight excluding hydrogens is 282 g/mol. The number of ketones is 1. The molecule has 0 unspecified atom stereocenters. The maximum atomic E-state index is 13.1. The molecule has 0 aliphatic carbocycles. The lowest BCUT2D eigenvalue weighted by Gasteiger charge is -2.08. The van der Waals surface area contributed by atoms with E-state index in [1.54, 1.807) is 12.1 Å². The second kappa shape index (κ2) is 5.71. The molecule has 0 spiro atoms. The Morgan fingerprint density at radius 1 is 1.05 bits per heavy atom. The Balaban J connectivity index is 2.28. The van der Waals surface area contributed by atoms with E-state index in [2.05, 4.69) is 0 Å². The second-order valence-corrected chi connectivity index (χ2v) is 5.17. The van der Waals surface area contributed by atoms with Crippen LogP contribution in [0.15, 0.2) is 30.3 Å². The van der Waals surface area contributed by atoms with E-state index >= 15 is 0 Å². The molecule has 104 valence electrons. The zero-order chi connectivity index (χ0) is 14.9. The number of hydrogen-bond acceptors (Lipinski definition) is 1. The molecular formula is C16H13ClF2O. The smallest absolute Gasteiger partial charge is 0.168 e. The molecule has 0 saturated carbocycles. The fourth-order valence-electron chi connectivity index (χ4n) is 1.92. The Labute approximate surface area is 121 Å². The Hall–Kier alpha value is -1.74. The van der Waals surface area contributed by atoms with E-state index in [1.807, 2.05) is 13.8 Å². The molecule has 20 heavy (non-hydrogen) atoms. The minimum Gasteiger partial charge on any atom is -0.294 e. The van der Waals surface area contributed by atoms with Crippen LogP contribution in [0.4, 0.5) is 8.78 Å². The lowest BCUT2D eigenvalue weighted by molar-refractivity contribution is 0.0993. The van der Waals surface area contributed by atoms with Crippen LogP contribution < -0.4 is 0 Å². The summed E-state index contributed by atoms with van der Waals surface area (Å²) < 4.78 is 26.0. The summed E-state index contributed by atoms with van der Waals surface area (Å²) in [6, 6.07) is 6.89. The third kappa shape index (κ3) is 3.05.